The molecule has 1 unspecified atom stereocenters. The maximum atomic E-state index is 10.8. The van der Waals surface area contributed by atoms with Crippen LogP contribution < -0.4 is 0 Å². The fourth-order valence-electron chi connectivity index (χ4n) is 0.520. The first kappa shape index (κ1) is 8.82. The second kappa shape index (κ2) is 5.95. The Morgan fingerprint density at radius 1 is 1.56 bits per heavy atom. The molecule has 0 aliphatic carbocycles. The average Bonchev–Trinajstić information content (AvgIpc) is 1.85. The molecule has 0 aromatic carbocycles. The first-order valence-electron chi connectivity index (χ1n) is 3.15. The Morgan fingerprint density at radius 2 is 2.22 bits per heavy atom. The van der Waals surface area contributed by atoms with E-state index in [0.717, 1.165) is 12.2 Å². The number of rotatable bonds is 5. The highest BCUT2D eigenvalue weighted by Crippen LogP contribution is 1.87. The summed E-state index contributed by atoms with van der Waals surface area (Å²) in [5.74, 6) is 1.45. The highest BCUT2D eigenvalue weighted by atomic mass is 32.2. The maximum Gasteiger partial charge on any atom is 0.0284 e. The van der Waals surface area contributed by atoms with Crippen LogP contribution in [0.5, 0.6) is 0 Å². The molecule has 2 nitrogen and oxygen atoms in total. The van der Waals surface area contributed by atoms with Crippen molar-refractivity contribution in [1.82, 2.24) is 0 Å². The number of hydrogen-bond acceptors (Lipinski definition) is 2. The van der Waals surface area contributed by atoms with Gasteiger partial charge in [0.05, 0.1) is 0 Å². The van der Waals surface area contributed by atoms with E-state index in [0.29, 0.717) is 12.2 Å². The molecule has 0 bridgehead atoms. The van der Waals surface area contributed by atoms with Crippen LogP contribution in [-0.2, 0) is 10.8 Å². The molecule has 9 heavy (non-hydrogen) atoms. The van der Waals surface area contributed by atoms with Gasteiger partial charge in [-0.3, -0.25) is 4.21 Å². The molecule has 1 N–H and O–H groups in total. The molecule has 1 atom stereocenters. The van der Waals surface area contributed by atoms with Crippen molar-refractivity contribution in [3.63, 3.8) is 0 Å². The third-order valence-corrected chi connectivity index (χ3v) is 2.48. The lowest BCUT2D eigenvalue weighted by Gasteiger charge is -1.93. The summed E-state index contributed by atoms with van der Waals surface area (Å²) >= 11 is 0. The summed E-state index contributed by atoms with van der Waals surface area (Å²) in [5.41, 5.74) is 0. The Labute approximate surface area is 58.6 Å². The largest absolute Gasteiger partial charge is 0.313 e. The third-order valence-electron chi connectivity index (χ3n) is 0.922. The monoisotopic (exact) mass is 147 g/mol. The topological polar surface area (TPSA) is 40.9 Å². The predicted octanol–water partition coefficient (Wildman–Crippen LogP) is 1.18. The summed E-state index contributed by atoms with van der Waals surface area (Å²) in [5, 5.41) is 6.67. The van der Waals surface area contributed by atoms with Crippen LogP contribution in [0.25, 0.3) is 0 Å². The molecule has 3 heteroatoms. The average molecular weight is 147 g/mol. The first-order valence-corrected chi connectivity index (χ1v) is 4.64. The SMILES string of the molecule is CCCS(=O)CCC=N. The minimum absolute atomic E-state index is 0.659. The summed E-state index contributed by atoms with van der Waals surface area (Å²) < 4.78 is 10.8. The van der Waals surface area contributed by atoms with Crippen LogP contribution in [0.4, 0.5) is 0 Å². The molecule has 0 aromatic rings. The molecule has 0 aliphatic heterocycles. The van der Waals surface area contributed by atoms with E-state index in [1.54, 1.807) is 0 Å². The van der Waals surface area contributed by atoms with Crippen LogP contribution in [-0.4, -0.2) is 21.9 Å². The van der Waals surface area contributed by atoms with Crippen molar-refractivity contribution in [3.8, 4) is 0 Å². The van der Waals surface area contributed by atoms with Gasteiger partial charge in [0.15, 0.2) is 0 Å². The minimum Gasteiger partial charge on any atom is -0.313 e. The maximum absolute atomic E-state index is 10.8. The van der Waals surface area contributed by atoms with E-state index in [-0.39, 0.29) is 0 Å². The van der Waals surface area contributed by atoms with Gasteiger partial charge in [0.25, 0.3) is 0 Å². The molecule has 0 aliphatic rings. The molecule has 0 saturated carbocycles. The van der Waals surface area contributed by atoms with Crippen LogP contribution in [0.3, 0.4) is 0 Å². The lowest BCUT2D eigenvalue weighted by Crippen LogP contribution is -2.01. The Balaban J connectivity index is 3.16. The van der Waals surface area contributed by atoms with Crippen LogP contribution in [0.2, 0.25) is 0 Å². The molecular formula is C6H13NOS. The van der Waals surface area contributed by atoms with E-state index < -0.39 is 10.8 Å². The van der Waals surface area contributed by atoms with Crippen LogP contribution in [0, 0.1) is 5.41 Å². The van der Waals surface area contributed by atoms with Crippen molar-refractivity contribution < 1.29 is 4.21 Å². The second-order valence-electron chi connectivity index (χ2n) is 1.84. The lowest BCUT2D eigenvalue weighted by molar-refractivity contribution is 0.682. The normalized spacial score (nSPS) is 13.0. The summed E-state index contributed by atoms with van der Waals surface area (Å²) in [4.78, 5) is 0. The van der Waals surface area contributed by atoms with Crippen molar-refractivity contribution in [3.05, 3.63) is 0 Å². The van der Waals surface area contributed by atoms with Gasteiger partial charge in [-0.05, 0) is 19.1 Å². The molecule has 0 amide bonds. The fourth-order valence-corrected chi connectivity index (χ4v) is 1.56. The molecule has 0 saturated heterocycles. The zero-order valence-corrected chi connectivity index (χ0v) is 6.54. The van der Waals surface area contributed by atoms with Crippen LogP contribution in [0.1, 0.15) is 19.8 Å². The van der Waals surface area contributed by atoms with E-state index in [4.69, 9.17) is 5.41 Å². The van der Waals surface area contributed by atoms with E-state index in [2.05, 4.69) is 0 Å². The van der Waals surface area contributed by atoms with Gasteiger partial charge >= 0.3 is 0 Å². The Bertz CT molecular complexity index is 103. The predicted molar refractivity (Wildman–Crippen MR) is 41.6 cm³/mol. The molecular weight excluding hydrogens is 134 g/mol. The van der Waals surface area contributed by atoms with Crippen LogP contribution in [0.15, 0.2) is 0 Å². The van der Waals surface area contributed by atoms with Gasteiger partial charge in [-0.1, -0.05) is 6.92 Å². The molecule has 0 fully saturated rings. The van der Waals surface area contributed by atoms with Gasteiger partial charge in [-0.25, -0.2) is 0 Å². The highest BCUT2D eigenvalue weighted by Gasteiger charge is 1.93. The van der Waals surface area contributed by atoms with Gasteiger partial charge in [0, 0.05) is 22.3 Å². The highest BCUT2D eigenvalue weighted by molar-refractivity contribution is 7.84. The lowest BCUT2D eigenvalue weighted by atomic mass is 10.5. The zero-order chi connectivity index (χ0) is 7.11. The smallest absolute Gasteiger partial charge is 0.0284 e. The summed E-state index contributed by atoms with van der Waals surface area (Å²) in [6.45, 7) is 2.02. The molecule has 0 heterocycles. The molecule has 0 rings (SSSR count). The second-order valence-corrected chi connectivity index (χ2v) is 3.54. The third kappa shape index (κ3) is 5.69. The molecule has 0 radical (unpaired) electrons. The number of nitrogens with one attached hydrogen (secondary N) is 1. The number of hydrogen-bond donors (Lipinski definition) is 1. The molecule has 0 spiro atoms. The van der Waals surface area contributed by atoms with E-state index in [1.165, 1.54) is 6.21 Å². The summed E-state index contributed by atoms with van der Waals surface area (Å²) in [6.07, 6.45) is 2.95. The minimum atomic E-state index is -0.671. The fraction of sp³-hybridized carbons (Fsp3) is 0.833. The van der Waals surface area contributed by atoms with Gasteiger partial charge in [-0.15, -0.1) is 0 Å². The standard InChI is InChI=1S/C6H13NOS/c1-2-5-9(8)6-3-4-7/h4,7H,2-3,5-6H2,1H3. The van der Waals surface area contributed by atoms with Gasteiger partial charge in [0.2, 0.25) is 0 Å². The van der Waals surface area contributed by atoms with Crippen molar-refractivity contribution in [2.24, 2.45) is 0 Å². The molecule has 54 valence electrons. The first-order chi connectivity index (χ1) is 4.31. The summed E-state index contributed by atoms with van der Waals surface area (Å²) in [6, 6.07) is 0. The Hall–Kier alpha value is -0.180. The van der Waals surface area contributed by atoms with Crippen molar-refractivity contribution in [2.75, 3.05) is 11.5 Å². The van der Waals surface area contributed by atoms with Gasteiger partial charge < -0.3 is 5.41 Å². The Morgan fingerprint density at radius 3 is 2.67 bits per heavy atom. The quantitative estimate of drug-likeness (QED) is 0.583. The van der Waals surface area contributed by atoms with Gasteiger partial charge in [0.1, 0.15) is 0 Å². The van der Waals surface area contributed by atoms with Gasteiger partial charge in [-0.2, -0.15) is 0 Å². The van der Waals surface area contributed by atoms with Crippen LogP contribution >= 0.6 is 0 Å². The van der Waals surface area contributed by atoms with Crippen molar-refractivity contribution >= 4 is 17.0 Å². The van der Waals surface area contributed by atoms with E-state index in [9.17, 15) is 4.21 Å². The van der Waals surface area contributed by atoms with E-state index in [1.807, 2.05) is 6.92 Å². The zero-order valence-electron chi connectivity index (χ0n) is 5.72. The van der Waals surface area contributed by atoms with E-state index >= 15 is 0 Å². The molecule has 0 aromatic heterocycles. The Kier molecular flexibility index (Phi) is 5.83. The van der Waals surface area contributed by atoms with Crippen molar-refractivity contribution in [2.45, 2.75) is 19.8 Å². The van der Waals surface area contributed by atoms with Crippen molar-refractivity contribution in [1.29, 1.82) is 5.41 Å². The summed E-state index contributed by atoms with van der Waals surface area (Å²) in [7, 11) is -0.671.